The molecule has 1 aromatic carbocycles. The maximum absolute atomic E-state index is 12.6. The smallest absolute Gasteiger partial charge is 0.323 e. The van der Waals surface area contributed by atoms with E-state index in [1.165, 1.54) is 11.8 Å². The highest BCUT2D eigenvalue weighted by molar-refractivity contribution is 5.99. The molecule has 6 nitrogen and oxygen atoms in total. The highest BCUT2D eigenvalue weighted by atomic mass is 16.4. The van der Waals surface area contributed by atoms with E-state index in [-0.39, 0.29) is 24.4 Å². The van der Waals surface area contributed by atoms with Crippen molar-refractivity contribution in [2.75, 3.05) is 18.0 Å². The van der Waals surface area contributed by atoms with Gasteiger partial charge in [-0.15, -0.1) is 0 Å². The molecule has 1 saturated carbocycles. The van der Waals surface area contributed by atoms with Crippen LogP contribution in [0.5, 0.6) is 0 Å². The molecule has 3 rings (SSSR count). The van der Waals surface area contributed by atoms with Gasteiger partial charge in [-0.25, -0.2) is 0 Å². The number of hydrogen-bond acceptors (Lipinski definition) is 3. The van der Waals surface area contributed by atoms with E-state index in [2.05, 4.69) is 0 Å². The third kappa shape index (κ3) is 2.68. The average Bonchev–Trinajstić information content (AvgIpc) is 3.21. The number of benzene rings is 1. The molecule has 2 amide bonds. The van der Waals surface area contributed by atoms with Crippen molar-refractivity contribution in [1.82, 2.24) is 4.90 Å². The third-order valence-corrected chi connectivity index (χ3v) is 4.16. The largest absolute Gasteiger partial charge is 0.480 e. The highest BCUT2D eigenvalue weighted by Crippen LogP contribution is 2.31. The summed E-state index contributed by atoms with van der Waals surface area (Å²) in [6.45, 7) is 1.89. The van der Waals surface area contributed by atoms with Crippen LogP contribution in [0.3, 0.4) is 0 Å². The molecule has 2 aliphatic rings. The lowest BCUT2D eigenvalue weighted by Crippen LogP contribution is -2.37. The molecule has 0 atom stereocenters. The molecule has 0 unspecified atom stereocenters. The summed E-state index contributed by atoms with van der Waals surface area (Å²) in [5, 5.41) is 8.97. The summed E-state index contributed by atoms with van der Waals surface area (Å²) in [6.07, 6.45) is 2.45. The van der Waals surface area contributed by atoms with Gasteiger partial charge in [-0.3, -0.25) is 14.4 Å². The molecule has 0 saturated heterocycles. The molecule has 0 spiro atoms. The summed E-state index contributed by atoms with van der Waals surface area (Å²) in [5.74, 6) is -1.25. The van der Waals surface area contributed by atoms with Crippen LogP contribution in [0.1, 0.15) is 35.7 Å². The van der Waals surface area contributed by atoms with E-state index in [1.54, 1.807) is 23.1 Å². The van der Waals surface area contributed by atoms with Crippen molar-refractivity contribution in [2.45, 2.75) is 32.2 Å². The minimum absolute atomic E-state index is 0.0108. The molecule has 1 fully saturated rings. The van der Waals surface area contributed by atoms with Crippen LogP contribution in [0.4, 0.5) is 5.69 Å². The van der Waals surface area contributed by atoms with Gasteiger partial charge in [0.05, 0.1) is 0 Å². The van der Waals surface area contributed by atoms with Gasteiger partial charge >= 0.3 is 5.97 Å². The van der Waals surface area contributed by atoms with E-state index >= 15 is 0 Å². The number of carboxylic acids is 1. The second-order valence-corrected chi connectivity index (χ2v) is 5.82. The first-order valence-corrected chi connectivity index (χ1v) is 7.41. The van der Waals surface area contributed by atoms with Gasteiger partial charge in [0.25, 0.3) is 5.91 Å². The molecule has 6 heteroatoms. The van der Waals surface area contributed by atoms with E-state index < -0.39 is 5.97 Å². The Kier molecular flexibility index (Phi) is 3.60. The van der Waals surface area contributed by atoms with Crippen LogP contribution >= 0.6 is 0 Å². The van der Waals surface area contributed by atoms with E-state index in [0.717, 1.165) is 30.5 Å². The topological polar surface area (TPSA) is 77.9 Å². The van der Waals surface area contributed by atoms with Crippen LogP contribution in [0.2, 0.25) is 0 Å². The Labute approximate surface area is 128 Å². The standard InChI is InChI=1S/C16H18N2O4/c1-10(19)17-7-6-11-8-12(2-5-14(11)17)16(22)18(9-15(20)21)13-3-4-13/h2,5,8,13H,3-4,6-7,9H2,1H3,(H,20,21). The fraction of sp³-hybridized carbons (Fsp3) is 0.438. The van der Waals surface area contributed by atoms with Crippen LogP contribution in [0.25, 0.3) is 0 Å². The van der Waals surface area contributed by atoms with Crippen molar-refractivity contribution in [3.05, 3.63) is 29.3 Å². The molecular weight excluding hydrogens is 284 g/mol. The Morgan fingerprint density at radius 1 is 1.32 bits per heavy atom. The molecule has 0 bridgehead atoms. The van der Waals surface area contributed by atoms with Crippen LogP contribution in [0.15, 0.2) is 18.2 Å². The number of carbonyl (C=O) groups is 3. The number of aliphatic carboxylic acids is 1. The third-order valence-electron chi connectivity index (χ3n) is 4.16. The zero-order valence-corrected chi connectivity index (χ0v) is 12.4. The Bertz CT molecular complexity index is 652. The zero-order chi connectivity index (χ0) is 15.9. The Hall–Kier alpha value is -2.37. The lowest BCUT2D eigenvalue weighted by Gasteiger charge is -2.21. The molecule has 116 valence electrons. The minimum Gasteiger partial charge on any atom is -0.480 e. The van der Waals surface area contributed by atoms with Crippen molar-refractivity contribution >= 4 is 23.5 Å². The van der Waals surface area contributed by atoms with Gasteiger partial charge in [0.2, 0.25) is 5.91 Å². The first kappa shape index (κ1) is 14.6. The SMILES string of the molecule is CC(=O)N1CCc2cc(C(=O)N(CC(=O)O)C3CC3)ccc21. The second kappa shape index (κ2) is 5.44. The zero-order valence-electron chi connectivity index (χ0n) is 12.4. The summed E-state index contributed by atoms with van der Waals surface area (Å²) in [6, 6.07) is 5.30. The van der Waals surface area contributed by atoms with E-state index in [4.69, 9.17) is 5.11 Å². The van der Waals surface area contributed by atoms with Crippen molar-refractivity contribution < 1.29 is 19.5 Å². The van der Waals surface area contributed by atoms with Crippen molar-refractivity contribution in [1.29, 1.82) is 0 Å². The molecule has 1 heterocycles. The summed E-state index contributed by atoms with van der Waals surface area (Å²) in [7, 11) is 0. The summed E-state index contributed by atoms with van der Waals surface area (Å²) in [5.41, 5.74) is 2.31. The molecular formula is C16H18N2O4. The van der Waals surface area contributed by atoms with E-state index in [0.29, 0.717) is 12.1 Å². The maximum atomic E-state index is 12.6. The van der Waals surface area contributed by atoms with Gasteiger partial charge in [0, 0.05) is 30.8 Å². The van der Waals surface area contributed by atoms with Gasteiger partial charge in [-0.2, -0.15) is 0 Å². The van der Waals surface area contributed by atoms with Crippen molar-refractivity contribution in [3.8, 4) is 0 Å². The molecule has 0 aromatic heterocycles. The first-order valence-electron chi connectivity index (χ1n) is 7.41. The predicted octanol–water partition coefficient (Wildman–Crippen LogP) is 1.28. The van der Waals surface area contributed by atoms with E-state index in [9.17, 15) is 14.4 Å². The number of carboxylic acid groups (broad SMARTS) is 1. The first-order chi connectivity index (χ1) is 10.5. The quantitative estimate of drug-likeness (QED) is 0.909. The lowest BCUT2D eigenvalue weighted by atomic mass is 10.1. The number of nitrogens with zero attached hydrogens (tertiary/aromatic N) is 2. The molecule has 1 N–H and O–H groups in total. The van der Waals surface area contributed by atoms with Gasteiger partial charge in [-0.1, -0.05) is 0 Å². The summed E-state index contributed by atoms with van der Waals surface area (Å²) in [4.78, 5) is 38.2. The predicted molar refractivity (Wildman–Crippen MR) is 79.9 cm³/mol. The number of hydrogen-bond donors (Lipinski definition) is 1. The number of anilines is 1. The van der Waals surface area contributed by atoms with Crippen molar-refractivity contribution in [3.63, 3.8) is 0 Å². The Morgan fingerprint density at radius 3 is 2.64 bits per heavy atom. The van der Waals surface area contributed by atoms with Crippen LogP contribution in [-0.2, 0) is 16.0 Å². The Morgan fingerprint density at radius 2 is 2.05 bits per heavy atom. The van der Waals surface area contributed by atoms with Gasteiger partial charge < -0.3 is 14.9 Å². The molecule has 1 aliphatic heterocycles. The number of rotatable bonds is 4. The summed E-state index contributed by atoms with van der Waals surface area (Å²) < 4.78 is 0. The maximum Gasteiger partial charge on any atom is 0.323 e. The van der Waals surface area contributed by atoms with Crippen molar-refractivity contribution in [2.24, 2.45) is 0 Å². The minimum atomic E-state index is -0.996. The monoisotopic (exact) mass is 302 g/mol. The van der Waals surface area contributed by atoms with Gasteiger partial charge in [-0.05, 0) is 43.0 Å². The molecule has 1 aliphatic carbocycles. The lowest BCUT2D eigenvalue weighted by molar-refractivity contribution is -0.137. The number of amides is 2. The second-order valence-electron chi connectivity index (χ2n) is 5.82. The van der Waals surface area contributed by atoms with Crippen LogP contribution < -0.4 is 4.90 Å². The normalized spacial score (nSPS) is 16.3. The van der Waals surface area contributed by atoms with E-state index in [1.807, 2.05) is 0 Å². The van der Waals surface area contributed by atoms with Gasteiger partial charge in [0.1, 0.15) is 6.54 Å². The average molecular weight is 302 g/mol. The Balaban J connectivity index is 1.84. The molecule has 22 heavy (non-hydrogen) atoms. The molecule has 1 aromatic rings. The fourth-order valence-electron chi connectivity index (χ4n) is 2.93. The number of fused-ring (bicyclic) bond motifs is 1. The van der Waals surface area contributed by atoms with Crippen LogP contribution in [-0.4, -0.2) is 46.9 Å². The van der Waals surface area contributed by atoms with Crippen LogP contribution in [0, 0.1) is 0 Å². The highest BCUT2D eigenvalue weighted by Gasteiger charge is 2.35. The number of carbonyl (C=O) groups excluding carboxylic acids is 2. The summed E-state index contributed by atoms with van der Waals surface area (Å²) >= 11 is 0. The fourth-order valence-corrected chi connectivity index (χ4v) is 2.93. The molecule has 0 radical (unpaired) electrons. The van der Waals surface area contributed by atoms with Gasteiger partial charge in [0.15, 0.2) is 0 Å².